The van der Waals surface area contributed by atoms with Crippen molar-refractivity contribution in [2.24, 2.45) is 0 Å². The van der Waals surface area contributed by atoms with E-state index >= 15 is 0 Å². The fourth-order valence-corrected chi connectivity index (χ4v) is 2.26. The first-order valence-electron chi connectivity index (χ1n) is 5.05. The Labute approximate surface area is 104 Å². The molecule has 0 saturated carbocycles. The maximum absolute atomic E-state index is 11.1. The van der Waals surface area contributed by atoms with Gasteiger partial charge in [0.15, 0.2) is 5.75 Å². The molecule has 94 valence electrons. The molecule has 0 aromatic heterocycles. The van der Waals surface area contributed by atoms with Crippen LogP contribution in [0.15, 0.2) is 47.4 Å². The molecule has 0 amide bonds. The van der Waals surface area contributed by atoms with Crippen LogP contribution >= 0.6 is 0 Å². The van der Waals surface area contributed by atoms with Crippen LogP contribution in [0, 0.1) is 0 Å². The van der Waals surface area contributed by atoms with Gasteiger partial charge in [0.25, 0.3) is 10.1 Å². The molecule has 0 fully saturated rings. The summed E-state index contributed by atoms with van der Waals surface area (Å²) in [4.78, 5) is -0.596. The molecule has 0 heterocycles. The van der Waals surface area contributed by atoms with Crippen LogP contribution < -0.4 is 5.73 Å². The summed E-state index contributed by atoms with van der Waals surface area (Å²) in [5.74, 6) is -0.641. The van der Waals surface area contributed by atoms with E-state index in [0.29, 0.717) is 5.56 Å². The second-order valence-electron chi connectivity index (χ2n) is 3.75. The van der Waals surface area contributed by atoms with E-state index in [1.54, 1.807) is 24.3 Å². The Morgan fingerprint density at radius 3 is 2.17 bits per heavy atom. The number of nitrogen functional groups attached to an aromatic ring is 1. The number of anilines is 1. The van der Waals surface area contributed by atoms with Crippen molar-refractivity contribution < 1.29 is 18.1 Å². The monoisotopic (exact) mass is 265 g/mol. The minimum absolute atomic E-state index is 0.107. The first-order valence-corrected chi connectivity index (χ1v) is 6.49. The molecule has 6 heteroatoms. The molecule has 0 spiro atoms. The zero-order valence-electron chi connectivity index (χ0n) is 9.24. The Balaban J connectivity index is 2.70. The summed E-state index contributed by atoms with van der Waals surface area (Å²) in [5, 5.41) is 9.54. The van der Waals surface area contributed by atoms with Gasteiger partial charge in [-0.2, -0.15) is 8.42 Å². The first kappa shape index (κ1) is 12.4. The molecule has 2 aromatic carbocycles. The van der Waals surface area contributed by atoms with E-state index in [1.165, 1.54) is 12.1 Å². The predicted octanol–water partition coefficient (Wildman–Crippen LogP) is 1.89. The van der Waals surface area contributed by atoms with Gasteiger partial charge in [-0.05, 0) is 23.3 Å². The maximum atomic E-state index is 11.1. The normalized spacial score (nSPS) is 11.4. The van der Waals surface area contributed by atoms with E-state index in [9.17, 15) is 13.5 Å². The Morgan fingerprint density at radius 2 is 1.61 bits per heavy atom. The van der Waals surface area contributed by atoms with Crippen LogP contribution in [0.4, 0.5) is 5.69 Å². The van der Waals surface area contributed by atoms with Crippen molar-refractivity contribution in [2.45, 2.75) is 4.90 Å². The fourth-order valence-electron chi connectivity index (χ4n) is 1.62. The molecule has 0 atom stereocenters. The van der Waals surface area contributed by atoms with Crippen LogP contribution in [0.1, 0.15) is 0 Å². The van der Waals surface area contributed by atoms with Crippen molar-refractivity contribution in [1.29, 1.82) is 0 Å². The van der Waals surface area contributed by atoms with Crippen molar-refractivity contribution in [1.82, 2.24) is 0 Å². The third-order valence-electron chi connectivity index (χ3n) is 2.49. The molecule has 0 bridgehead atoms. The van der Waals surface area contributed by atoms with Crippen LogP contribution in [0.5, 0.6) is 5.75 Å². The van der Waals surface area contributed by atoms with E-state index in [-0.39, 0.29) is 5.69 Å². The summed E-state index contributed by atoms with van der Waals surface area (Å²) in [6.45, 7) is 0. The van der Waals surface area contributed by atoms with E-state index < -0.39 is 20.8 Å². The third-order valence-corrected chi connectivity index (χ3v) is 3.36. The predicted molar refractivity (Wildman–Crippen MR) is 67.8 cm³/mol. The first-order chi connectivity index (χ1) is 8.39. The Bertz CT molecular complexity index is 681. The van der Waals surface area contributed by atoms with E-state index in [4.69, 9.17) is 10.3 Å². The van der Waals surface area contributed by atoms with Crippen LogP contribution in [0.3, 0.4) is 0 Å². The van der Waals surface area contributed by atoms with Crippen molar-refractivity contribution in [3.63, 3.8) is 0 Å². The Kier molecular flexibility index (Phi) is 2.98. The van der Waals surface area contributed by atoms with Crippen molar-refractivity contribution in [2.75, 3.05) is 5.73 Å². The molecular formula is C12H11NO4S. The zero-order chi connectivity index (χ0) is 13.3. The average molecular weight is 265 g/mol. The van der Waals surface area contributed by atoms with Crippen molar-refractivity contribution in [3.8, 4) is 16.9 Å². The van der Waals surface area contributed by atoms with Gasteiger partial charge in [-0.3, -0.25) is 4.55 Å². The summed E-state index contributed by atoms with van der Waals surface area (Å²) in [6.07, 6.45) is 0. The minimum atomic E-state index is -4.52. The number of phenols is 1. The summed E-state index contributed by atoms with van der Waals surface area (Å²) in [6, 6.07) is 11.5. The molecular weight excluding hydrogens is 254 g/mol. The summed E-state index contributed by atoms with van der Waals surface area (Å²) < 4.78 is 31.3. The summed E-state index contributed by atoms with van der Waals surface area (Å²) >= 11 is 0. The van der Waals surface area contributed by atoms with Gasteiger partial charge in [-0.15, -0.1) is 0 Å². The fraction of sp³-hybridized carbons (Fsp3) is 0. The van der Waals surface area contributed by atoms with Gasteiger partial charge < -0.3 is 10.8 Å². The lowest BCUT2D eigenvalue weighted by Crippen LogP contribution is -2.01. The molecule has 0 saturated heterocycles. The molecule has 0 aliphatic rings. The summed E-state index contributed by atoms with van der Waals surface area (Å²) in [5.41, 5.74) is 6.65. The van der Waals surface area contributed by atoms with Crippen LogP contribution in [0.2, 0.25) is 0 Å². The lowest BCUT2D eigenvalue weighted by atomic mass is 10.1. The van der Waals surface area contributed by atoms with E-state index in [0.717, 1.165) is 5.56 Å². The van der Waals surface area contributed by atoms with E-state index in [1.807, 2.05) is 6.07 Å². The number of benzene rings is 2. The van der Waals surface area contributed by atoms with Gasteiger partial charge in [0, 0.05) is 0 Å². The molecule has 4 N–H and O–H groups in total. The lowest BCUT2D eigenvalue weighted by molar-refractivity contribution is 0.445. The second kappa shape index (κ2) is 4.32. The highest BCUT2D eigenvalue weighted by molar-refractivity contribution is 7.86. The highest BCUT2D eigenvalue weighted by Gasteiger charge is 2.19. The summed E-state index contributed by atoms with van der Waals surface area (Å²) in [7, 11) is -4.52. The van der Waals surface area contributed by atoms with Gasteiger partial charge >= 0.3 is 0 Å². The molecule has 2 rings (SSSR count). The molecule has 0 aliphatic carbocycles. The molecule has 5 nitrogen and oxygen atoms in total. The number of phenolic OH excluding ortho intramolecular Hbond substituents is 1. The number of rotatable bonds is 2. The molecule has 0 aliphatic heterocycles. The van der Waals surface area contributed by atoms with Crippen LogP contribution in [-0.4, -0.2) is 18.1 Å². The van der Waals surface area contributed by atoms with Gasteiger partial charge in [-0.25, -0.2) is 0 Å². The van der Waals surface area contributed by atoms with Gasteiger partial charge in [0.1, 0.15) is 4.90 Å². The molecule has 0 radical (unpaired) electrons. The number of hydrogen-bond acceptors (Lipinski definition) is 4. The maximum Gasteiger partial charge on any atom is 0.298 e. The average Bonchev–Trinajstić information content (AvgIpc) is 2.32. The third kappa shape index (κ3) is 2.29. The quantitative estimate of drug-likeness (QED) is 0.437. The van der Waals surface area contributed by atoms with Crippen molar-refractivity contribution >= 4 is 15.8 Å². The number of aromatic hydroxyl groups is 1. The van der Waals surface area contributed by atoms with Gasteiger partial charge in [0.2, 0.25) is 0 Å². The minimum Gasteiger partial charge on any atom is -0.504 e. The van der Waals surface area contributed by atoms with Gasteiger partial charge in [-0.1, -0.05) is 30.3 Å². The number of nitrogens with two attached hydrogens (primary N) is 1. The second-order valence-corrected chi connectivity index (χ2v) is 5.14. The van der Waals surface area contributed by atoms with Crippen LogP contribution in [0.25, 0.3) is 11.1 Å². The molecule has 18 heavy (non-hydrogen) atoms. The Morgan fingerprint density at radius 1 is 1.00 bits per heavy atom. The standard InChI is InChI=1S/C12H11NO4S/c13-10-6-9(8-4-2-1-3-5-8)7-11(12(10)14)18(15,16)17/h1-7,14H,13H2,(H,15,16,17). The highest BCUT2D eigenvalue weighted by Crippen LogP contribution is 2.34. The zero-order valence-corrected chi connectivity index (χ0v) is 10.1. The lowest BCUT2D eigenvalue weighted by Gasteiger charge is -2.08. The van der Waals surface area contributed by atoms with Gasteiger partial charge in [0.05, 0.1) is 5.69 Å². The highest BCUT2D eigenvalue weighted by atomic mass is 32.2. The molecule has 0 unspecified atom stereocenters. The number of hydrogen-bond donors (Lipinski definition) is 3. The van der Waals surface area contributed by atoms with Crippen LogP contribution in [-0.2, 0) is 10.1 Å². The van der Waals surface area contributed by atoms with Crippen molar-refractivity contribution in [3.05, 3.63) is 42.5 Å². The SMILES string of the molecule is Nc1cc(-c2ccccc2)cc(S(=O)(=O)O)c1O. The molecule has 2 aromatic rings. The van der Waals surface area contributed by atoms with E-state index in [2.05, 4.69) is 0 Å². The Hall–Kier alpha value is -2.05. The smallest absolute Gasteiger partial charge is 0.298 e. The largest absolute Gasteiger partial charge is 0.504 e. The topological polar surface area (TPSA) is 101 Å².